The van der Waals surface area contributed by atoms with Gasteiger partial charge in [-0.1, -0.05) is 35.2 Å². The highest BCUT2D eigenvalue weighted by Crippen LogP contribution is 2.38. The molecule has 11 heteroatoms. The van der Waals surface area contributed by atoms with Crippen LogP contribution in [-0.4, -0.2) is 73.8 Å². The molecule has 2 fully saturated rings. The fourth-order valence-electron chi connectivity index (χ4n) is 5.18. The molecular weight excluding hydrogens is 580 g/mol. The monoisotopic (exact) mass is 612 g/mol. The number of hydrogen-bond donors (Lipinski definition) is 0. The lowest BCUT2D eigenvalue weighted by molar-refractivity contribution is -0.137. The molecular formula is C29H33BrN4O6. The second kappa shape index (κ2) is 12.8. The molecule has 1 saturated carbocycles. The van der Waals surface area contributed by atoms with E-state index in [1.807, 2.05) is 12.1 Å². The molecule has 0 atom stereocenters. The molecule has 40 heavy (non-hydrogen) atoms. The highest BCUT2D eigenvalue weighted by atomic mass is 79.9. The standard InChI is InChI=1S/C29H33BrN4O6/c1-37-24-14-19(15-25(38-2)27(24)40-18-26(35)33-10-12-39-13-11-33)17-31-34-28(20-6-4-3-5-7-20)32-23-9-8-21(30)16-22(23)29(34)36/h8-9,14-17,20H,3-7,10-13,18H2,1-2H3. The average molecular weight is 614 g/mol. The molecule has 10 nitrogen and oxygen atoms in total. The summed E-state index contributed by atoms with van der Waals surface area (Å²) in [5, 5.41) is 5.12. The fraction of sp³-hybridized carbons (Fsp3) is 0.448. The van der Waals surface area contributed by atoms with Crippen molar-refractivity contribution in [1.82, 2.24) is 14.6 Å². The van der Waals surface area contributed by atoms with Gasteiger partial charge in [0.2, 0.25) is 5.75 Å². The summed E-state index contributed by atoms with van der Waals surface area (Å²) in [6.07, 6.45) is 6.93. The maximum absolute atomic E-state index is 13.6. The number of ether oxygens (including phenoxy) is 4. The van der Waals surface area contributed by atoms with Gasteiger partial charge in [-0.15, -0.1) is 0 Å². The Balaban J connectivity index is 1.47. The molecule has 1 aromatic heterocycles. The largest absolute Gasteiger partial charge is 0.493 e. The van der Waals surface area contributed by atoms with E-state index < -0.39 is 0 Å². The Morgan fingerprint density at radius 1 is 1.10 bits per heavy atom. The molecule has 0 spiro atoms. The Bertz CT molecular complexity index is 1440. The van der Waals surface area contributed by atoms with Gasteiger partial charge in [0.15, 0.2) is 18.1 Å². The van der Waals surface area contributed by atoms with E-state index >= 15 is 0 Å². The summed E-state index contributed by atoms with van der Waals surface area (Å²) in [5.41, 5.74) is 1.08. The summed E-state index contributed by atoms with van der Waals surface area (Å²) in [6, 6.07) is 8.99. The van der Waals surface area contributed by atoms with Gasteiger partial charge in [-0.05, 0) is 43.2 Å². The number of aromatic nitrogens is 2. The molecule has 2 aromatic carbocycles. The Morgan fingerprint density at radius 2 is 1.80 bits per heavy atom. The molecule has 1 aliphatic heterocycles. The highest BCUT2D eigenvalue weighted by molar-refractivity contribution is 9.10. The Hall–Kier alpha value is -3.44. The van der Waals surface area contributed by atoms with Crippen LogP contribution in [0.1, 0.15) is 49.4 Å². The third-order valence-electron chi connectivity index (χ3n) is 7.31. The number of rotatable bonds is 8. The average Bonchev–Trinajstić information content (AvgIpc) is 3.00. The number of carbonyl (C=O) groups is 1. The predicted molar refractivity (Wildman–Crippen MR) is 155 cm³/mol. The van der Waals surface area contributed by atoms with Crippen LogP contribution in [0.15, 0.2) is 44.7 Å². The van der Waals surface area contributed by atoms with Crippen LogP contribution in [0, 0.1) is 0 Å². The lowest BCUT2D eigenvalue weighted by atomic mass is 9.88. The number of halogens is 1. The van der Waals surface area contributed by atoms with E-state index in [0.717, 1.165) is 30.2 Å². The van der Waals surface area contributed by atoms with Crippen molar-refractivity contribution < 1.29 is 23.7 Å². The van der Waals surface area contributed by atoms with Gasteiger partial charge in [0.05, 0.1) is 44.6 Å². The SMILES string of the molecule is COc1cc(C=Nn2c(C3CCCCC3)nc3ccc(Br)cc3c2=O)cc(OC)c1OCC(=O)N1CCOCC1. The lowest BCUT2D eigenvalue weighted by Gasteiger charge is -2.27. The summed E-state index contributed by atoms with van der Waals surface area (Å²) >= 11 is 3.46. The lowest BCUT2D eigenvalue weighted by Crippen LogP contribution is -2.43. The molecule has 3 aromatic rings. The highest BCUT2D eigenvalue weighted by Gasteiger charge is 2.23. The van der Waals surface area contributed by atoms with E-state index in [1.54, 1.807) is 29.3 Å². The summed E-state index contributed by atoms with van der Waals surface area (Å²) in [4.78, 5) is 32.8. The van der Waals surface area contributed by atoms with E-state index in [-0.39, 0.29) is 24.0 Å². The first-order valence-electron chi connectivity index (χ1n) is 13.5. The van der Waals surface area contributed by atoms with Gasteiger partial charge < -0.3 is 23.8 Å². The van der Waals surface area contributed by atoms with Crippen LogP contribution in [0.2, 0.25) is 0 Å². The van der Waals surface area contributed by atoms with E-state index in [4.69, 9.17) is 23.9 Å². The van der Waals surface area contributed by atoms with Crippen molar-refractivity contribution in [1.29, 1.82) is 0 Å². The van der Waals surface area contributed by atoms with Crippen molar-refractivity contribution >= 4 is 39.0 Å². The zero-order valence-corrected chi connectivity index (χ0v) is 24.3. The predicted octanol–water partition coefficient (Wildman–Crippen LogP) is 4.34. The minimum Gasteiger partial charge on any atom is -0.493 e. The topological polar surface area (TPSA) is 104 Å². The summed E-state index contributed by atoms with van der Waals surface area (Å²) in [5.74, 6) is 1.79. The Morgan fingerprint density at radius 3 is 2.48 bits per heavy atom. The number of benzene rings is 2. The normalized spacial score (nSPS) is 16.4. The zero-order chi connectivity index (χ0) is 28.1. The smallest absolute Gasteiger partial charge is 0.282 e. The van der Waals surface area contributed by atoms with Crippen LogP contribution < -0.4 is 19.8 Å². The number of morpholine rings is 1. The fourth-order valence-corrected chi connectivity index (χ4v) is 5.54. The van der Waals surface area contributed by atoms with Crippen LogP contribution in [0.25, 0.3) is 10.9 Å². The Kier molecular flexibility index (Phi) is 9.01. The van der Waals surface area contributed by atoms with Crippen LogP contribution in [0.3, 0.4) is 0 Å². The van der Waals surface area contributed by atoms with Crippen molar-refractivity contribution in [3.05, 3.63) is 56.5 Å². The third kappa shape index (κ3) is 6.15. The second-order valence-corrected chi connectivity index (χ2v) is 10.8. The van der Waals surface area contributed by atoms with Gasteiger partial charge in [-0.25, -0.2) is 4.98 Å². The van der Waals surface area contributed by atoms with Gasteiger partial charge in [0.1, 0.15) is 5.82 Å². The number of fused-ring (bicyclic) bond motifs is 1. The van der Waals surface area contributed by atoms with Gasteiger partial charge in [0.25, 0.3) is 11.5 Å². The van der Waals surface area contributed by atoms with Crippen LogP contribution in [-0.2, 0) is 9.53 Å². The number of nitrogens with zero attached hydrogens (tertiary/aromatic N) is 4. The third-order valence-corrected chi connectivity index (χ3v) is 7.81. The maximum atomic E-state index is 13.6. The molecule has 1 amide bonds. The van der Waals surface area contributed by atoms with Gasteiger partial charge in [0, 0.05) is 29.0 Å². The van der Waals surface area contributed by atoms with Gasteiger partial charge >= 0.3 is 0 Å². The molecule has 2 heterocycles. The molecule has 2 aliphatic rings. The zero-order valence-electron chi connectivity index (χ0n) is 22.7. The second-order valence-electron chi connectivity index (χ2n) is 9.86. The first kappa shape index (κ1) is 28.1. The maximum Gasteiger partial charge on any atom is 0.282 e. The van der Waals surface area contributed by atoms with Crippen molar-refractivity contribution in [3.63, 3.8) is 0 Å². The molecule has 0 radical (unpaired) electrons. The summed E-state index contributed by atoms with van der Waals surface area (Å²) in [6.45, 7) is 1.95. The van der Waals surface area contributed by atoms with E-state index in [1.165, 1.54) is 25.3 Å². The minimum atomic E-state index is -0.219. The van der Waals surface area contributed by atoms with Crippen molar-refractivity contribution in [3.8, 4) is 17.2 Å². The van der Waals surface area contributed by atoms with Gasteiger partial charge in [-0.3, -0.25) is 9.59 Å². The number of methoxy groups -OCH3 is 2. The summed E-state index contributed by atoms with van der Waals surface area (Å²) < 4.78 is 24.6. The summed E-state index contributed by atoms with van der Waals surface area (Å²) in [7, 11) is 3.03. The van der Waals surface area contributed by atoms with Crippen molar-refractivity contribution in [2.45, 2.75) is 38.0 Å². The minimum absolute atomic E-state index is 0.136. The molecule has 0 N–H and O–H groups in total. The number of carbonyl (C=O) groups excluding carboxylic acids is 1. The molecule has 5 rings (SSSR count). The van der Waals surface area contributed by atoms with Gasteiger partial charge in [-0.2, -0.15) is 9.78 Å². The van der Waals surface area contributed by atoms with E-state index in [2.05, 4.69) is 21.0 Å². The number of hydrogen-bond acceptors (Lipinski definition) is 8. The first-order valence-corrected chi connectivity index (χ1v) is 14.3. The molecule has 1 saturated heterocycles. The van der Waals surface area contributed by atoms with E-state index in [0.29, 0.717) is 65.8 Å². The first-order chi connectivity index (χ1) is 19.5. The Labute approximate surface area is 241 Å². The van der Waals surface area contributed by atoms with Crippen molar-refractivity contribution in [2.75, 3.05) is 47.1 Å². The quantitative estimate of drug-likeness (QED) is 0.348. The van der Waals surface area contributed by atoms with Crippen LogP contribution in [0.5, 0.6) is 17.2 Å². The molecule has 212 valence electrons. The molecule has 0 unspecified atom stereocenters. The van der Waals surface area contributed by atoms with Crippen LogP contribution >= 0.6 is 15.9 Å². The number of amides is 1. The van der Waals surface area contributed by atoms with Crippen LogP contribution in [0.4, 0.5) is 0 Å². The molecule has 1 aliphatic carbocycles. The van der Waals surface area contributed by atoms with E-state index in [9.17, 15) is 9.59 Å². The molecule has 0 bridgehead atoms. The van der Waals surface area contributed by atoms with Crippen molar-refractivity contribution in [2.24, 2.45) is 5.10 Å².